The zero-order valence-electron chi connectivity index (χ0n) is 15.1. The van der Waals surface area contributed by atoms with Gasteiger partial charge in [0.25, 0.3) is 0 Å². The van der Waals surface area contributed by atoms with Crippen molar-refractivity contribution in [3.8, 4) is 11.5 Å². The molecule has 4 nitrogen and oxygen atoms in total. The summed E-state index contributed by atoms with van der Waals surface area (Å²) >= 11 is 0. The highest BCUT2D eigenvalue weighted by atomic mass is 35.5. The van der Waals surface area contributed by atoms with Crippen LogP contribution in [0.4, 0.5) is 11.4 Å². The van der Waals surface area contributed by atoms with Crippen molar-refractivity contribution in [1.29, 1.82) is 0 Å². The maximum absolute atomic E-state index is 12.8. The molecule has 0 aromatic heterocycles. The van der Waals surface area contributed by atoms with E-state index in [1.807, 2.05) is 91.9 Å². The van der Waals surface area contributed by atoms with Crippen molar-refractivity contribution in [2.24, 2.45) is 5.73 Å². The molecule has 0 saturated heterocycles. The van der Waals surface area contributed by atoms with Gasteiger partial charge in [0, 0.05) is 11.4 Å². The van der Waals surface area contributed by atoms with Gasteiger partial charge in [-0.1, -0.05) is 43.3 Å². The van der Waals surface area contributed by atoms with E-state index in [-0.39, 0.29) is 18.3 Å². The lowest BCUT2D eigenvalue weighted by molar-refractivity contribution is -0.119. The van der Waals surface area contributed by atoms with E-state index in [9.17, 15) is 4.79 Å². The number of ether oxygens (including phenoxy) is 1. The number of nitrogens with zero attached hydrogens (tertiary/aromatic N) is 1. The standard InChI is InChI=1S/C22H22N2O2.ClH/c1-2-21(23)22(25)24(17-9-5-3-6-10-17)18-13-15-20(16-14-18)26-19-11-7-4-8-12-19;/h3-16,21H,2,23H2,1H3;1H. The van der Waals surface area contributed by atoms with E-state index in [0.29, 0.717) is 12.2 Å². The molecule has 0 aliphatic carbocycles. The van der Waals surface area contributed by atoms with E-state index < -0.39 is 6.04 Å². The lowest BCUT2D eigenvalue weighted by Crippen LogP contribution is -2.41. The average molecular weight is 383 g/mol. The summed E-state index contributed by atoms with van der Waals surface area (Å²) in [6, 6.07) is 26.0. The highest BCUT2D eigenvalue weighted by Gasteiger charge is 2.22. The van der Waals surface area contributed by atoms with Gasteiger partial charge < -0.3 is 10.5 Å². The summed E-state index contributed by atoms with van der Waals surface area (Å²) in [6.07, 6.45) is 0.581. The summed E-state index contributed by atoms with van der Waals surface area (Å²) in [7, 11) is 0. The van der Waals surface area contributed by atoms with Crippen LogP contribution in [0.2, 0.25) is 0 Å². The van der Waals surface area contributed by atoms with Crippen molar-refractivity contribution >= 4 is 29.7 Å². The summed E-state index contributed by atoms with van der Waals surface area (Å²) < 4.78 is 5.82. The number of nitrogens with two attached hydrogens (primary N) is 1. The van der Waals surface area contributed by atoms with Gasteiger partial charge in [0.1, 0.15) is 11.5 Å². The van der Waals surface area contributed by atoms with Gasteiger partial charge in [0.15, 0.2) is 0 Å². The molecule has 0 saturated carbocycles. The van der Waals surface area contributed by atoms with Crippen LogP contribution in [0.3, 0.4) is 0 Å². The van der Waals surface area contributed by atoms with Crippen molar-refractivity contribution in [2.45, 2.75) is 19.4 Å². The second kappa shape index (κ2) is 9.76. The van der Waals surface area contributed by atoms with Crippen LogP contribution in [0.1, 0.15) is 13.3 Å². The van der Waals surface area contributed by atoms with Gasteiger partial charge in [-0.25, -0.2) is 0 Å². The molecule has 27 heavy (non-hydrogen) atoms. The van der Waals surface area contributed by atoms with E-state index in [1.165, 1.54) is 0 Å². The maximum Gasteiger partial charge on any atom is 0.248 e. The molecular formula is C22H23ClN2O2. The number of amides is 1. The summed E-state index contributed by atoms with van der Waals surface area (Å²) in [4.78, 5) is 14.5. The zero-order chi connectivity index (χ0) is 18.4. The van der Waals surface area contributed by atoms with Crippen LogP contribution in [-0.4, -0.2) is 11.9 Å². The summed E-state index contributed by atoms with van der Waals surface area (Å²) in [5, 5.41) is 0. The third-order valence-electron chi connectivity index (χ3n) is 4.07. The van der Waals surface area contributed by atoms with Gasteiger partial charge in [0.2, 0.25) is 5.91 Å². The van der Waals surface area contributed by atoms with Gasteiger partial charge in [-0.05, 0) is 55.0 Å². The Morgan fingerprint density at radius 3 is 1.89 bits per heavy atom. The van der Waals surface area contributed by atoms with Crippen LogP contribution < -0.4 is 15.4 Å². The molecule has 3 rings (SSSR count). The number of anilines is 2. The molecule has 5 heteroatoms. The number of carbonyl (C=O) groups is 1. The number of hydrogen-bond acceptors (Lipinski definition) is 3. The van der Waals surface area contributed by atoms with Crippen molar-refractivity contribution in [3.63, 3.8) is 0 Å². The van der Waals surface area contributed by atoms with Gasteiger partial charge in [-0.2, -0.15) is 0 Å². The number of benzene rings is 3. The third kappa shape index (κ3) is 5.09. The Labute approximate surface area is 166 Å². The van der Waals surface area contributed by atoms with E-state index in [4.69, 9.17) is 10.5 Å². The first kappa shape index (κ1) is 20.5. The van der Waals surface area contributed by atoms with Gasteiger partial charge in [-0.15, -0.1) is 12.4 Å². The van der Waals surface area contributed by atoms with Gasteiger partial charge >= 0.3 is 0 Å². The molecule has 0 aliphatic heterocycles. The molecule has 140 valence electrons. The normalized spacial score (nSPS) is 11.2. The Kier molecular flexibility index (Phi) is 7.41. The number of para-hydroxylation sites is 2. The fourth-order valence-corrected chi connectivity index (χ4v) is 2.61. The van der Waals surface area contributed by atoms with Crippen LogP contribution in [0, 0.1) is 0 Å². The summed E-state index contributed by atoms with van der Waals surface area (Å²) in [5.74, 6) is 1.35. The molecule has 0 heterocycles. The van der Waals surface area contributed by atoms with Crippen LogP contribution in [0.15, 0.2) is 84.9 Å². The second-order valence-electron chi connectivity index (χ2n) is 5.93. The van der Waals surface area contributed by atoms with Crippen LogP contribution >= 0.6 is 12.4 Å². The van der Waals surface area contributed by atoms with Crippen molar-refractivity contribution in [3.05, 3.63) is 84.9 Å². The molecule has 0 spiro atoms. The summed E-state index contributed by atoms with van der Waals surface area (Å²) in [5.41, 5.74) is 7.55. The topological polar surface area (TPSA) is 55.6 Å². The molecule has 0 fully saturated rings. The fourth-order valence-electron chi connectivity index (χ4n) is 2.61. The van der Waals surface area contributed by atoms with E-state index in [2.05, 4.69) is 0 Å². The largest absolute Gasteiger partial charge is 0.457 e. The summed E-state index contributed by atoms with van der Waals surface area (Å²) in [6.45, 7) is 1.91. The van der Waals surface area contributed by atoms with Gasteiger partial charge in [0.05, 0.1) is 6.04 Å². The Bertz CT molecular complexity index is 839. The van der Waals surface area contributed by atoms with E-state index in [1.54, 1.807) is 4.90 Å². The van der Waals surface area contributed by atoms with Gasteiger partial charge in [-0.3, -0.25) is 9.69 Å². The fraction of sp³-hybridized carbons (Fsp3) is 0.136. The number of carbonyl (C=O) groups excluding carboxylic acids is 1. The predicted octanol–water partition coefficient (Wildman–Crippen LogP) is 5.30. The first-order chi connectivity index (χ1) is 12.7. The van der Waals surface area contributed by atoms with E-state index >= 15 is 0 Å². The smallest absolute Gasteiger partial charge is 0.248 e. The lowest BCUT2D eigenvalue weighted by Gasteiger charge is -2.25. The van der Waals surface area contributed by atoms with Crippen LogP contribution in [0.5, 0.6) is 11.5 Å². The molecule has 1 atom stereocenters. The Morgan fingerprint density at radius 2 is 1.33 bits per heavy atom. The highest BCUT2D eigenvalue weighted by molar-refractivity contribution is 6.03. The second-order valence-corrected chi connectivity index (χ2v) is 5.93. The Balaban J connectivity index is 0.00000261. The monoisotopic (exact) mass is 382 g/mol. The maximum atomic E-state index is 12.8. The van der Waals surface area contributed by atoms with E-state index in [0.717, 1.165) is 17.1 Å². The minimum Gasteiger partial charge on any atom is -0.457 e. The van der Waals surface area contributed by atoms with Crippen molar-refractivity contribution < 1.29 is 9.53 Å². The minimum atomic E-state index is -0.546. The predicted molar refractivity (Wildman–Crippen MR) is 112 cm³/mol. The number of hydrogen-bond donors (Lipinski definition) is 1. The van der Waals surface area contributed by atoms with Crippen molar-refractivity contribution in [1.82, 2.24) is 0 Å². The molecule has 3 aromatic rings. The molecule has 0 bridgehead atoms. The zero-order valence-corrected chi connectivity index (χ0v) is 15.9. The lowest BCUT2D eigenvalue weighted by atomic mass is 10.1. The SMILES string of the molecule is CCC(N)C(=O)N(c1ccccc1)c1ccc(Oc2ccccc2)cc1.Cl. The molecule has 1 unspecified atom stereocenters. The third-order valence-corrected chi connectivity index (χ3v) is 4.07. The Hall–Kier alpha value is -2.82. The first-order valence-corrected chi connectivity index (χ1v) is 8.66. The van der Waals surface area contributed by atoms with Crippen LogP contribution in [0.25, 0.3) is 0 Å². The van der Waals surface area contributed by atoms with Crippen molar-refractivity contribution in [2.75, 3.05) is 4.90 Å². The first-order valence-electron chi connectivity index (χ1n) is 8.66. The number of rotatable bonds is 6. The van der Waals surface area contributed by atoms with Crippen LogP contribution in [-0.2, 0) is 4.79 Å². The Morgan fingerprint density at radius 1 is 0.852 bits per heavy atom. The molecule has 0 aliphatic rings. The molecule has 2 N–H and O–H groups in total. The molecular weight excluding hydrogens is 360 g/mol. The average Bonchev–Trinajstić information content (AvgIpc) is 2.70. The molecule has 3 aromatic carbocycles. The molecule has 0 radical (unpaired) electrons. The molecule has 1 amide bonds. The number of halogens is 1. The quantitative estimate of drug-likeness (QED) is 0.629. The minimum absolute atomic E-state index is 0. The highest BCUT2D eigenvalue weighted by Crippen LogP contribution is 2.29.